The van der Waals surface area contributed by atoms with E-state index >= 15 is 0 Å². The fraction of sp³-hybridized carbons (Fsp3) is 0.533. The Morgan fingerprint density at radius 3 is 2.62 bits per heavy atom. The van der Waals surface area contributed by atoms with E-state index in [1.165, 1.54) is 4.90 Å². The van der Waals surface area contributed by atoms with Crippen LogP contribution in [0.25, 0.3) is 0 Å². The van der Waals surface area contributed by atoms with Crippen molar-refractivity contribution in [1.82, 2.24) is 4.90 Å². The molecular weight excluding hydrogens is 281 g/mol. The highest BCUT2D eigenvalue weighted by Gasteiger charge is 2.37. The molecule has 0 amide bonds. The number of alkyl halides is 3. The summed E-state index contributed by atoms with van der Waals surface area (Å²) < 4.78 is 42.9. The van der Waals surface area contributed by atoms with Gasteiger partial charge in [-0.05, 0) is 31.4 Å². The van der Waals surface area contributed by atoms with E-state index in [2.05, 4.69) is 0 Å². The van der Waals surface area contributed by atoms with Gasteiger partial charge in [-0.3, -0.25) is 4.90 Å². The van der Waals surface area contributed by atoms with Crippen LogP contribution < -0.4 is 4.74 Å². The third kappa shape index (κ3) is 5.27. The molecule has 21 heavy (non-hydrogen) atoms. The molecule has 0 N–H and O–H groups in total. The van der Waals surface area contributed by atoms with Gasteiger partial charge in [0, 0.05) is 12.6 Å². The second kappa shape index (κ2) is 6.81. The quantitative estimate of drug-likeness (QED) is 0.724. The molecule has 6 heteroatoms. The van der Waals surface area contributed by atoms with Crippen LogP contribution >= 0.6 is 0 Å². The van der Waals surface area contributed by atoms with Crippen molar-refractivity contribution in [2.24, 2.45) is 0 Å². The Labute approximate surface area is 121 Å². The lowest BCUT2D eigenvalue weighted by Gasteiger charge is -2.23. The predicted octanol–water partition coefficient (Wildman–Crippen LogP) is 3.35. The molecule has 0 atom stereocenters. The van der Waals surface area contributed by atoms with Crippen LogP contribution in [0, 0.1) is 11.3 Å². The molecule has 0 heterocycles. The molecule has 2 rings (SSSR count). The zero-order chi connectivity index (χ0) is 15.3. The van der Waals surface area contributed by atoms with E-state index in [4.69, 9.17) is 10.00 Å². The zero-order valence-electron chi connectivity index (χ0n) is 11.6. The third-order valence-corrected chi connectivity index (χ3v) is 3.30. The first-order chi connectivity index (χ1) is 9.99. The maximum atomic E-state index is 12.5. The second-order valence-corrected chi connectivity index (χ2v) is 5.13. The molecule has 1 aromatic carbocycles. The smallest absolute Gasteiger partial charge is 0.401 e. The van der Waals surface area contributed by atoms with E-state index < -0.39 is 12.7 Å². The third-order valence-electron chi connectivity index (χ3n) is 3.30. The highest BCUT2D eigenvalue weighted by atomic mass is 19.4. The summed E-state index contributed by atoms with van der Waals surface area (Å²) in [5.41, 5.74) is 0.437. The molecule has 1 aromatic rings. The number of ether oxygens (including phenoxy) is 1. The Bertz CT molecular complexity index is 506. The SMILES string of the molecule is N#Cc1ccccc1OCCCN(CC(F)(F)F)C1CC1. The topological polar surface area (TPSA) is 36.3 Å². The van der Waals surface area contributed by atoms with Gasteiger partial charge in [-0.2, -0.15) is 18.4 Å². The van der Waals surface area contributed by atoms with Gasteiger partial charge in [0.05, 0.1) is 18.7 Å². The monoisotopic (exact) mass is 298 g/mol. The van der Waals surface area contributed by atoms with Crippen molar-refractivity contribution in [3.8, 4) is 11.8 Å². The molecule has 0 aromatic heterocycles. The van der Waals surface area contributed by atoms with Crippen LogP contribution in [0.2, 0.25) is 0 Å². The van der Waals surface area contributed by atoms with Crippen molar-refractivity contribution in [3.05, 3.63) is 29.8 Å². The van der Waals surface area contributed by atoms with E-state index in [1.807, 2.05) is 6.07 Å². The van der Waals surface area contributed by atoms with Crippen LogP contribution in [0.15, 0.2) is 24.3 Å². The van der Waals surface area contributed by atoms with Crippen molar-refractivity contribution in [1.29, 1.82) is 5.26 Å². The first-order valence-corrected chi connectivity index (χ1v) is 6.92. The number of rotatable bonds is 7. The van der Waals surface area contributed by atoms with E-state index in [0.29, 0.717) is 30.9 Å². The summed E-state index contributed by atoms with van der Waals surface area (Å²) in [5.74, 6) is 0.480. The summed E-state index contributed by atoms with van der Waals surface area (Å²) in [4.78, 5) is 1.47. The molecule has 0 aliphatic heterocycles. The molecule has 1 aliphatic carbocycles. The Balaban J connectivity index is 1.76. The fourth-order valence-electron chi connectivity index (χ4n) is 2.20. The number of nitrogens with zero attached hydrogens (tertiary/aromatic N) is 2. The lowest BCUT2D eigenvalue weighted by atomic mass is 10.2. The van der Waals surface area contributed by atoms with Crippen molar-refractivity contribution in [3.63, 3.8) is 0 Å². The standard InChI is InChI=1S/C15H17F3N2O/c16-15(17,18)11-20(13-6-7-13)8-3-9-21-14-5-2-1-4-12(14)10-19/h1-2,4-5,13H,3,6-9,11H2. The Morgan fingerprint density at radius 2 is 2.00 bits per heavy atom. The highest BCUT2D eigenvalue weighted by Crippen LogP contribution is 2.30. The average Bonchev–Trinajstić information content (AvgIpc) is 3.26. The van der Waals surface area contributed by atoms with E-state index in [0.717, 1.165) is 12.8 Å². The molecule has 0 unspecified atom stereocenters. The predicted molar refractivity (Wildman–Crippen MR) is 71.9 cm³/mol. The Kier molecular flexibility index (Phi) is 5.07. The molecule has 0 saturated heterocycles. The van der Waals surface area contributed by atoms with Crippen LogP contribution in [-0.4, -0.2) is 36.8 Å². The number of nitriles is 1. The largest absolute Gasteiger partial charge is 0.492 e. The minimum atomic E-state index is -4.16. The summed E-state index contributed by atoms with van der Waals surface area (Å²) in [6, 6.07) is 8.92. The summed E-state index contributed by atoms with van der Waals surface area (Å²) in [6.07, 6.45) is -1.97. The first-order valence-electron chi connectivity index (χ1n) is 6.92. The van der Waals surface area contributed by atoms with Gasteiger partial charge in [0.2, 0.25) is 0 Å². The van der Waals surface area contributed by atoms with Gasteiger partial charge in [0.1, 0.15) is 11.8 Å². The normalized spacial score (nSPS) is 15.0. The van der Waals surface area contributed by atoms with Crippen LogP contribution in [0.4, 0.5) is 13.2 Å². The average molecular weight is 298 g/mol. The molecule has 1 aliphatic rings. The zero-order valence-corrected chi connectivity index (χ0v) is 11.6. The van der Waals surface area contributed by atoms with Gasteiger partial charge in [-0.1, -0.05) is 12.1 Å². The summed E-state index contributed by atoms with van der Waals surface area (Å²) >= 11 is 0. The van der Waals surface area contributed by atoms with Gasteiger partial charge in [0.25, 0.3) is 0 Å². The molecule has 1 fully saturated rings. The summed E-state index contributed by atoms with van der Waals surface area (Å²) in [5, 5.41) is 8.91. The van der Waals surface area contributed by atoms with Crippen LogP contribution in [0.3, 0.4) is 0 Å². The van der Waals surface area contributed by atoms with E-state index in [9.17, 15) is 13.2 Å². The van der Waals surface area contributed by atoms with E-state index in [-0.39, 0.29) is 6.04 Å². The summed E-state index contributed by atoms with van der Waals surface area (Å²) in [6.45, 7) is -0.189. The van der Waals surface area contributed by atoms with Crippen molar-refractivity contribution >= 4 is 0 Å². The Hall–Kier alpha value is -1.74. The number of hydrogen-bond donors (Lipinski definition) is 0. The van der Waals surface area contributed by atoms with Crippen molar-refractivity contribution in [2.75, 3.05) is 19.7 Å². The fourth-order valence-corrected chi connectivity index (χ4v) is 2.20. The molecule has 3 nitrogen and oxygen atoms in total. The number of para-hydroxylation sites is 1. The van der Waals surface area contributed by atoms with Gasteiger partial charge < -0.3 is 4.74 Å². The lowest BCUT2D eigenvalue weighted by molar-refractivity contribution is -0.147. The van der Waals surface area contributed by atoms with Crippen molar-refractivity contribution in [2.45, 2.75) is 31.5 Å². The van der Waals surface area contributed by atoms with Crippen molar-refractivity contribution < 1.29 is 17.9 Å². The molecule has 1 saturated carbocycles. The molecule has 0 radical (unpaired) electrons. The van der Waals surface area contributed by atoms with Gasteiger partial charge >= 0.3 is 6.18 Å². The molecular formula is C15H17F3N2O. The highest BCUT2D eigenvalue weighted by molar-refractivity contribution is 5.42. The lowest BCUT2D eigenvalue weighted by Crippen LogP contribution is -2.37. The maximum absolute atomic E-state index is 12.5. The summed E-state index contributed by atoms with van der Waals surface area (Å²) in [7, 11) is 0. The van der Waals surface area contributed by atoms with Crippen LogP contribution in [0.5, 0.6) is 5.75 Å². The molecule has 0 spiro atoms. The first kappa shape index (κ1) is 15.6. The Morgan fingerprint density at radius 1 is 1.29 bits per heavy atom. The van der Waals surface area contributed by atoms with Gasteiger partial charge in [-0.15, -0.1) is 0 Å². The van der Waals surface area contributed by atoms with Crippen LogP contribution in [-0.2, 0) is 0 Å². The molecule has 0 bridgehead atoms. The molecule has 114 valence electrons. The maximum Gasteiger partial charge on any atom is 0.401 e. The second-order valence-electron chi connectivity index (χ2n) is 5.13. The number of benzene rings is 1. The minimum absolute atomic E-state index is 0.0676. The number of halogens is 3. The van der Waals surface area contributed by atoms with E-state index in [1.54, 1.807) is 24.3 Å². The van der Waals surface area contributed by atoms with Crippen LogP contribution in [0.1, 0.15) is 24.8 Å². The number of hydrogen-bond acceptors (Lipinski definition) is 3. The minimum Gasteiger partial charge on any atom is -0.492 e. The van der Waals surface area contributed by atoms with Gasteiger partial charge in [-0.25, -0.2) is 0 Å². The van der Waals surface area contributed by atoms with Gasteiger partial charge in [0.15, 0.2) is 0 Å².